The molecule has 166 valence electrons. The number of rotatable bonds is 8. The number of fused-ring (bicyclic) bond motifs is 1. The van der Waals surface area contributed by atoms with Crippen LogP contribution in [0.2, 0.25) is 5.02 Å². The number of aromatic amines is 1. The van der Waals surface area contributed by atoms with Crippen LogP contribution in [0, 0.1) is 0 Å². The number of nitrogens with zero attached hydrogens (tertiary/aromatic N) is 4. The predicted octanol–water partition coefficient (Wildman–Crippen LogP) is 1.52. The molecule has 0 saturated heterocycles. The molecule has 0 aliphatic rings. The fourth-order valence-corrected chi connectivity index (χ4v) is 3.34. The molecule has 1 atom stereocenters. The SMILES string of the molecule is Cn1c(=O)[nH]c(=O)c2c1nc(NCc1cccnc1)n2CC(O)COc1ccc(Cl)cc1. The maximum absolute atomic E-state index is 12.6. The van der Waals surface area contributed by atoms with E-state index in [1.54, 1.807) is 41.2 Å². The van der Waals surface area contributed by atoms with E-state index in [1.807, 2.05) is 12.1 Å². The maximum Gasteiger partial charge on any atom is 0.329 e. The number of pyridine rings is 1. The molecule has 10 nitrogen and oxygen atoms in total. The molecule has 3 N–H and O–H groups in total. The van der Waals surface area contributed by atoms with Crippen LogP contribution in [0.3, 0.4) is 0 Å². The molecule has 0 spiro atoms. The lowest BCUT2D eigenvalue weighted by Crippen LogP contribution is -2.31. The molecule has 11 heteroatoms. The quantitative estimate of drug-likeness (QED) is 0.367. The van der Waals surface area contributed by atoms with Gasteiger partial charge in [0.25, 0.3) is 5.56 Å². The minimum atomic E-state index is -0.960. The van der Waals surface area contributed by atoms with Gasteiger partial charge < -0.3 is 19.7 Å². The number of hydrogen-bond acceptors (Lipinski definition) is 7. The Balaban J connectivity index is 1.61. The molecule has 3 aromatic heterocycles. The van der Waals surface area contributed by atoms with E-state index in [2.05, 4.69) is 20.3 Å². The number of aliphatic hydroxyl groups is 1. The Kier molecular flexibility index (Phi) is 6.24. The summed E-state index contributed by atoms with van der Waals surface area (Å²) in [4.78, 5) is 35.4. The van der Waals surface area contributed by atoms with E-state index in [4.69, 9.17) is 16.3 Å². The number of imidazole rings is 1. The van der Waals surface area contributed by atoms with Gasteiger partial charge in [0.05, 0.1) is 6.54 Å². The molecule has 0 aliphatic heterocycles. The fourth-order valence-electron chi connectivity index (χ4n) is 3.22. The first kappa shape index (κ1) is 21.6. The van der Waals surface area contributed by atoms with E-state index in [0.717, 1.165) is 5.56 Å². The number of halogens is 1. The number of ether oxygens (including phenoxy) is 1. The van der Waals surface area contributed by atoms with Gasteiger partial charge >= 0.3 is 5.69 Å². The Labute approximate surface area is 187 Å². The molecule has 4 rings (SSSR count). The van der Waals surface area contributed by atoms with E-state index < -0.39 is 17.4 Å². The topological polar surface area (TPSA) is 127 Å². The maximum atomic E-state index is 12.6. The van der Waals surface area contributed by atoms with Gasteiger partial charge in [0.2, 0.25) is 5.95 Å². The van der Waals surface area contributed by atoms with Crippen LogP contribution in [0.1, 0.15) is 5.56 Å². The van der Waals surface area contributed by atoms with Gasteiger partial charge in [-0.15, -0.1) is 0 Å². The highest BCUT2D eigenvalue weighted by molar-refractivity contribution is 6.30. The smallest absolute Gasteiger partial charge is 0.329 e. The number of hydrogen-bond donors (Lipinski definition) is 3. The van der Waals surface area contributed by atoms with Crippen LogP contribution in [0.15, 0.2) is 58.4 Å². The van der Waals surface area contributed by atoms with Crippen LogP contribution in [0.25, 0.3) is 11.2 Å². The van der Waals surface area contributed by atoms with E-state index in [1.165, 1.54) is 11.6 Å². The molecular weight excluding hydrogens is 436 g/mol. The van der Waals surface area contributed by atoms with E-state index in [9.17, 15) is 14.7 Å². The van der Waals surface area contributed by atoms with Gasteiger partial charge in [-0.2, -0.15) is 4.98 Å². The van der Waals surface area contributed by atoms with Gasteiger partial charge in [-0.3, -0.25) is 19.3 Å². The molecular formula is C21H21ClN6O4. The van der Waals surface area contributed by atoms with E-state index >= 15 is 0 Å². The number of aliphatic hydroxyl groups excluding tert-OH is 1. The van der Waals surface area contributed by atoms with Crippen molar-refractivity contribution < 1.29 is 9.84 Å². The molecule has 32 heavy (non-hydrogen) atoms. The first-order chi connectivity index (χ1) is 15.4. The van der Waals surface area contributed by atoms with Crippen molar-refractivity contribution in [3.63, 3.8) is 0 Å². The molecule has 4 aromatic rings. The summed E-state index contributed by atoms with van der Waals surface area (Å²) in [5.74, 6) is 0.889. The van der Waals surface area contributed by atoms with Crippen molar-refractivity contribution in [2.75, 3.05) is 11.9 Å². The third kappa shape index (κ3) is 4.66. The zero-order chi connectivity index (χ0) is 22.7. The molecule has 0 amide bonds. The van der Waals surface area contributed by atoms with Crippen molar-refractivity contribution in [2.24, 2.45) is 7.05 Å². The highest BCUT2D eigenvalue weighted by Gasteiger charge is 2.20. The zero-order valence-corrected chi connectivity index (χ0v) is 17.9. The van der Waals surface area contributed by atoms with Gasteiger partial charge in [0.1, 0.15) is 18.5 Å². The summed E-state index contributed by atoms with van der Waals surface area (Å²) in [6.45, 7) is 0.383. The standard InChI is InChI=1S/C21H21ClN6O4/c1-27-18-17(19(30)26-21(27)31)28(20(25-18)24-10-13-3-2-8-23-9-13)11-15(29)12-32-16-6-4-14(22)5-7-16/h2-9,15,29H,10-12H2,1H3,(H,24,25)(H,26,30,31). The number of aryl methyl sites for hydroxylation is 1. The first-order valence-electron chi connectivity index (χ1n) is 9.81. The largest absolute Gasteiger partial charge is 0.491 e. The number of anilines is 1. The second kappa shape index (κ2) is 9.25. The number of H-pyrrole nitrogens is 1. The highest BCUT2D eigenvalue weighted by Crippen LogP contribution is 2.18. The van der Waals surface area contributed by atoms with Crippen molar-refractivity contribution >= 4 is 28.7 Å². The van der Waals surface area contributed by atoms with Gasteiger partial charge in [-0.25, -0.2) is 4.79 Å². The Morgan fingerprint density at radius 1 is 1.25 bits per heavy atom. The highest BCUT2D eigenvalue weighted by atomic mass is 35.5. The minimum Gasteiger partial charge on any atom is -0.491 e. The number of benzene rings is 1. The molecule has 0 radical (unpaired) electrons. The monoisotopic (exact) mass is 456 g/mol. The molecule has 0 aliphatic carbocycles. The molecule has 0 saturated carbocycles. The fraction of sp³-hybridized carbons (Fsp3) is 0.238. The van der Waals surface area contributed by atoms with Gasteiger partial charge in [0, 0.05) is 31.0 Å². The summed E-state index contributed by atoms with van der Waals surface area (Å²) in [5.41, 5.74) is 0.124. The Morgan fingerprint density at radius 2 is 2.03 bits per heavy atom. The zero-order valence-electron chi connectivity index (χ0n) is 17.2. The van der Waals surface area contributed by atoms with Crippen molar-refractivity contribution in [3.05, 3.63) is 80.2 Å². The molecule has 1 unspecified atom stereocenters. The summed E-state index contributed by atoms with van der Waals surface area (Å²) in [6, 6.07) is 10.5. The van der Waals surface area contributed by atoms with Crippen molar-refractivity contribution in [1.29, 1.82) is 0 Å². The summed E-state index contributed by atoms with van der Waals surface area (Å²) >= 11 is 5.87. The first-order valence-corrected chi connectivity index (χ1v) is 10.2. The summed E-state index contributed by atoms with van der Waals surface area (Å²) in [5, 5.41) is 14.3. The van der Waals surface area contributed by atoms with Gasteiger partial charge in [-0.05, 0) is 35.9 Å². The predicted molar refractivity (Wildman–Crippen MR) is 120 cm³/mol. The summed E-state index contributed by atoms with van der Waals surface area (Å²) < 4.78 is 8.40. The van der Waals surface area contributed by atoms with Crippen LogP contribution < -0.4 is 21.3 Å². The second-order valence-electron chi connectivity index (χ2n) is 7.17. The average Bonchev–Trinajstić information content (AvgIpc) is 3.15. The number of aromatic nitrogens is 5. The van der Waals surface area contributed by atoms with Gasteiger partial charge in [0.15, 0.2) is 11.2 Å². The average molecular weight is 457 g/mol. The lowest BCUT2D eigenvalue weighted by atomic mass is 10.3. The third-order valence-corrected chi connectivity index (χ3v) is 5.08. The van der Waals surface area contributed by atoms with E-state index in [0.29, 0.717) is 23.3 Å². The summed E-state index contributed by atoms with van der Waals surface area (Å²) in [6.07, 6.45) is 2.42. The van der Waals surface area contributed by atoms with Crippen LogP contribution in [-0.4, -0.2) is 41.9 Å². The Bertz CT molecular complexity index is 1330. The molecule has 0 bridgehead atoms. The Hall–Kier alpha value is -3.63. The number of nitrogens with one attached hydrogen (secondary N) is 2. The van der Waals surface area contributed by atoms with Crippen LogP contribution >= 0.6 is 11.6 Å². The Morgan fingerprint density at radius 3 is 2.75 bits per heavy atom. The van der Waals surface area contributed by atoms with Gasteiger partial charge in [-0.1, -0.05) is 17.7 Å². The lowest BCUT2D eigenvalue weighted by molar-refractivity contribution is 0.0938. The summed E-state index contributed by atoms with van der Waals surface area (Å²) in [7, 11) is 1.52. The van der Waals surface area contributed by atoms with Crippen molar-refractivity contribution in [2.45, 2.75) is 19.2 Å². The molecule has 3 heterocycles. The lowest BCUT2D eigenvalue weighted by Gasteiger charge is -2.16. The second-order valence-corrected chi connectivity index (χ2v) is 7.61. The normalized spacial score (nSPS) is 12.1. The third-order valence-electron chi connectivity index (χ3n) is 4.83. The minimum absolute atomic E-state index is 0.0146. The van der Waals surface area contributed by atoms with Crippen LogP contribution in [0.5, 0.6) is 5.75 Å². The van der Waals surface area contributed by atoms with Crippen molar-refractivity contribution in [3.8, 4) is 5.75 Å². The van der Waals surface area contributed by atoms with Crippen LogP contribution in [-0.2, 0) is 20.1 Å². The molecule has 1 aromatic carbocycles. The van der Waals surface area contributed by atoms with E-state index in [-0.39, 0.29) is 24.3 Å². The van der Waals surface area contributed by atoms with Crippen LogP contribution in [0.4, 0.5) is 5.95 Å². The molecule has 0 fully saturated rings. The van der Waals surface area contributed by atoms with Crippen molar-refractivity contribution in [1.82, 2.24) is 24.1 Å².